The van der Waals surface area contributed by atoms with Gasteiger partial charge in [0.25, 0.3) is 0 Å². The largest absolute Gasteiger partial charge is 0.445 e. The summed E-state index contributed by atoms with van der Waals surface area (Å²) < 4.78 is 5.09. The molecule has 0 fully saturated rings. The van der Waals surface area contributed by atoms with Crippen molar-refractivity contribution in [2.45, 2.75) is 58.9 Å². The zero-order valence-corrected chi connectivity index (χ0v) is 14.8. The summed E-state index contributed by atoms with van der Waals surface area (Å²) in [7, 11) is 0. The van der Waals surface area contributed by atoms with Crippen LogP contribution in [0, 0.1) is 5.92 Å². The number of hydrogen-bond donors (Lipinski definition) is 3. The Morgan fingerprint density at radius 1 is 1.08 bits per heavy atom. The number of hydrogen-bond acceptors (Lipinski definition) is 4. The molecule has 6 nitrogen and oxygen atoms in total. The van der Waals surface area contributed by atoms with Gasteiger partial charge in [-0.25, -0.2) is 4.79 Å². The van der Waals surface area contributed by atoms with Gasteiger partial charge in [0.15, 0.2) is 0 Å². The summed E-state index contributed by atoms with van der Waals surface area (Å²) in [6.07, 6.45) is -0.651. The molecule has 3 atom stereocenters. The first kappa shape index (κ1) is 20.0. The SMILES string of the molecule is CC(C)C[C@H](NC(=O)[C@H](C)NC(=O)OCc1ccccc1)[C@H](C)O. The molecule has 6 heteroatoms. The highest BCUT2D eigenvalue weighted by Gasteiger charge is 2.23. The Hall–Kier alpha value is -2.08. The standard InChI is InChI=1S/C18H28N2O4/c1-12(2)10-16(14(4)21)20-17(22)13(3)19-18(23)24-11-15-8-6-5-7-9-15/h5-9,12-14,16,21H,10-11H2,1-4H3,(H,19,23)(H,20,22)/t13-,14-,16-/m0/s1. The molecule has 0 radical (unpaired) electrons. The van der Waals surface area contributed by atoms with E-state index in [-0.39, 0.29) is 18.6 Å². The van der Waals surface area contributed by atoms with Crippen LogP contribution in [-0.4, -0.2) is 35.3 Å². The van der Waals surface area contributed by atoms with Crippen LogP contribution in [-0.2, 0) is 16.1 Å². The minimum atomic E-state index is -0.748. The first-order chi connectivity index (χ1) is 11.3. The maximum Gasteiger partial charge on any atom is 0.408 e. The maximum atomic E-state index is 12.2. The van der Waals surface area contributed by atoms with E-state index in [4.69, 9.17) is 4.74 Å². The van der Waals surface area contributed by atoms with E-state index in [1.54, 1.807) is 13.8 Å². The minimum absolute atomic E-state index is 0.144. The lowest BCUT2D eigenvalue weighted by molar-refractivity contribution is -0.124. The number of rotatable bonds is 8. The number of amides is 2. The lowest BCUT2D eigenvalue weighted by Gasteiger charge is -2.25. The molecule has 1 aromatic rings. The Kier molecular flexibility index (Phi) is 8.26. The van der Waals surface area contributed by atoms with Crippen LogP contribution in [0.3, 0.4) is 0 Å². The molecule has 1 aromatic carbocycles. The van der Waals surface area contributed by atoms with Crippen LogP contribution in [0.1, 0.15) is 39.7 Å². The molecule has 0 unspecified atom stereocenters. The molecule has 0 spiro atoms. The molecule has 2 amide bonds. The van der Waals surface area contributed by atoms with E-state index in [0.717, 1.165) is 5.56 Å². The van der Waals surface area contributed by atoms with Crippen molar-refractivity contribution in [2.24, 2.45) is 5.92 Å². The van der Waals surface area contributed by atoms with Gasteiger partial charge in [0, 0.05) is 0 Å². The van der Waals surface area contributed by atoms with E-state index in [9.17, 15) is 14.7 Å². The summed E-state index contributed by atoms with van der Waals surface area (Å²) in [6, 6.07) is 8.20. The summed E-state index contributed by atoms with van der Waals surface area (Å²) >= 11 is 0. The minimum Gasteiger partial charge on any atom is -0.445 e. The molecule has 0 aliphatic carbocycles. The maximum absolute atomic E-state index is 12.2. The van der Waals surface area contributed by atoms with Crippen molar-refractivity contribution in [3.8, 4) is 0 Å². The molecule has 24 heavy (non-hydrogen) atoms. The number of carbonyl (C=O) groups excluding carboxylic acids is 2. The van der Waals surface area contributed by atoms with Crippen molar-refractivity contribution in [1.29, 1.82) is 0 Å². The summed E-state index contributed by atoms with van der Waals surface area (Å²) in [5.41, 5.74) is 0.871. The van der Waals surface area contributed by atoms with Crippen LogP contribution in [0.25, 0.3) is 0 Å². The normalized spacial score (nSPS) is 14.6. The summed E-state index contributed by atoms with van der Waals surface area (Å²) in [6.45, 7) is 7.39. The van der Waals surface area contributed by atoms with Crippen LogP contribution >= 0.6 is 0 Å². The van der Waals surface area contributed by atoms with Crippen LogP contribution < -0.4 is 10.6 Å². The van der Waals surface area contributed by atoms with Gasteiger partial charge in [-0.3, -0.25) is 4.79 Å². The van der Waals surface area contributed by atoms with Crippen LogP contribution in [0.5, 0.6) is 0 Å². The molecule has 0 bridgehead atoms. The van der Waals surface area contributed by atoms with E-state index in [1.807, 2.05) is 44.2 Å². The van der Waals surface area contributed by atoms with E-state index in [0.29, 0.717) is 12.3 Å². The molecule has 0 heterocycles. The number of carbonyl (C=O) groups is 2. The number of nitrogens with one attached hydrogen (secondary N) is 2. The van der Waals surface area contributed by atoms with Crippen molar-refractivity contribution in [3.05, 3.63) is 35.9 Å². The van der Waals surface area contributed by atoms with Gasteiger partial charge in [-0.15, -0.1) is 0 Å². The zero-order chi connectivity index (χ0) is 18.1. The van der Waals surface area contributed by atoms with Gasteiger partial charge in [-0.05, 0) is 31.7 Å². The average molecular weight is 336 g/mol. The Morgan fingerprint density at radius 3 is 2.25 bits per heavy atom. The Morgan fingerprint density at radius 2 is 1.71 bits per heavy atom. The van der Waals surface area contributed by atoms with Crippen LogP contribution in [0.4, 0.5) is 4.79 Å². The van der Waals surface area contributed by atoms with Crippen LogP contribution in [0.15, 0.2) is 30.3 Å². The highest BCUT2D eigenvalue weighted by molar-refractivity contribution is 5.85. The highest BCUT2D eigenvalue weighted by atomic mass is 16.5. The Bertz CT molecular complexity index is 517. The third kappa shape index (κ3) is 7.46. The van der Waals surface area contributed by atoms with Gasteiger partial charge in [0.05, 0.1) is 12.1 Å². The van der Waals surface area contributed by atoms with Crippen molar-refractivity contribution >= 4 is 12.0 Å². The summed E-state index contributed by atoms with van der Waals surface area (Å²) in [5, 5.41) is 15.0. The number of aliphatic hydroxyl groups excluding tert-OH is 1. The number of benzene rings is 1. The molecule has 1 rings (SSSR count). The predicted molar refractivity (Wildman–Crippen MR) is 92.3 cm³/mol. The van der Waals surface area contributed by atoms with Crippen molar-refractivity contribution in [3.63, 3.8) is 0 Å². The quantitative estimate of drug-likeness (QED) is 0.679. The molecule has 134 valence electrons. The summed E-state index contributed by atoms with van der Waals surface area (Å²) in [5.74, 6) is -0.0118. The molecule has 0 saturated carbocycles. The third-order valence-corrected chi connectivity index (χ3v) is 3.58. The molecule has 0 aliphatic heterocycles. The van der Waals surface area contributed by atoms with Crippen LogP contribution in [0.2, 0.25) is 0 Å². The fourth-order valence-corrected chi connectivity index (χ4v) is 2.20. The fourth-order valence-electron chi connectivity index (χ4n) is 2.20. The topological polar surface area (TPSA) is 87.7 Å². The summed E-state index contributed by atoms with van der Waals surface area (Å²) in [4.78, 5) is 23.9. The van der Waals surface area contributed by atoms with Gasteiger partial charge in [0.2, 0.25) is 5.91 Å². The molecule has 3 N–H and O–H groups in total. The Labute approximate surface area is 143 Å². The fraction of sp³-hybridized carbons (Fsp3) is 0.556. The smallest absolute Gasteiger partial charge is 0.408 e. The third-order valence-electron chi connectivity index (χ3n) is 3.58. The van der Waals surface area contributed by atoms with E-state index >= 15 is 0 Å². The van der Waals surface area contributed by atoms with Gasteiger partial charge in [-0.2, -0.15) is 0 Å². The lowest BCUT2D eigenvalue weighted by atomic mass is 9.99. The first-order valence-electron chi connectivity index (χ1n) is 8.25. The monoisotopic (exact) mass is 336 g/mol. The average Bonchev–Trinajstić information content (AvgIpc) is 2.52. The molecule has 0 aliphatic rings. The number of alkyl carbamates (subject to hydrolysis) is 1. The first-order valence-corrected chi connectivity index (χ1v) is 8.25. The van der Waals surface area contributed by atoms with Crippen molar-refractivity contribution in [1.82, 2.24) is 10.6 Å². The van der Waals surface area contributed by atoms with E-state index in [1.165, 1.54) is 0 Å². The second-order valence-corrected chi connectivity index (χ2v) is 6.41. The van der Waals surface area contributed by atoms with Gasteiger partial charge in [0.1, 0.15) is 12.6 Å². The second kappa shape index (κ2) is 9.93. The van der Waals surface area contributed by atoms with E-state index in [2.05, 4.69) is 10.6 Å². The van der Waals surface area contributed by atoms with Gasteiger partial charge < -0.3 is 20.5 Å². The molecule has 0 aromatic heterocycles. The lowest BCUT2D eigenvalue weighted by Crippen LogP contribution is -2.51. The predicted octanol–water partition coefficient (Wildman–Crippen LogP) is 2.21. The Balaban J connectivity index is 2.43. The highest BCUT2D eigenvalue weighted by Crippen LogP contribution is 2.08. The number of aliphatic hydroxyl groups is 1. The zero-order valence-electron chi connectivity index (χ0n) is 14.8. The number of ether oxygens (including phenoxy) is 1. The molecule has 0 saturated heterocycles. The van der Waals surface area contributed by atoms with Crippen molar-refractivity contribution < 1.29 is 19.4 Å². The van der Waals surface area contributed by atoms with E-state index < -0.39 is 18.2 Å². The molecular weight excluding hydrogens is 308 g/mol. The van der Waals surface area contributed by atoms with Gasteiger partial charge >= 0.3 is 6.09 Å². The second-order valence-electron chi connectivity index (χ2n) is 6.41. The molecular formula is C18H28N2O4. The van der Waals surface area contributed by atoms with Gasteiger partial charge in [-0.1, -0.05) is 44.2 Å². The van der Waals surface area contributed by atoms with Crippen molar-refractivity contribution in [2.75, 3.05) is 0 Å².